The van der Waals surface area contributed by atoms with Gasteiger partial charge in [0, 0.05) is 12.6 Å². The number of nitrogens with zero attached hydrogens (tertiary/aromatic N) is 2. The van der Waals surface area contributed by atoms with Crippen molar-refractivity contribution in [3.63, 3.8) is 0 Å². The van der Waals surface area contributed by atoms with Crippen molar-refractivity contribution in [2.24, 2.45) is 0 Å². The van der Waals surface area contributed by atoms with Crippen molar-refractivity contribution < 1.29 is 13.9 Å². The van der Waals surface area contributed by atoms with E-state index in [0.717, 1.165) is 25.0 Å². The number of halogens is 1. The summed E-state index contributed by atoms with van der Waals surface area (Å²) in [5.41, 5.74) is 0.378. The number of nitrogens with one attached hydrogen (secondary N) is 1. The first-order valence-electron chi connectivity index (χ1n) is 8.69. The van der Waals surface area contributed by atoms with Crippen LogP contribution in [-0.2, 0) is 13.0 Å². The van der Waals surface area contributed by atoms with Crippen LogP contribution in [0.3, 0.4) is 0 Å². The van der Waals surface area contributed by atoms with E-state index in [1.165, 1.54) is 25.5 Å². The number of hydrogen-bond donors (Lipinski definition) is 1. The van der Waals surface area contributed by atoms with Crippen LogP contribution in [0.4, 0.5) is 0 Å². The summed E-state index contributed by atoms with van der Waals surface area (Å²) in [6.45, 7) is 2.20. The highest BCUT2D eigenvalue weighted by atomic mass is 35.5. The molecule has 0 aromatic carbocycles. The summed E-state index contributed by atoms with van der Waals surface area (Å²) in [7, 11) is 0. The maximum absolute atomic E-state index is 12.2. The molecule has 2 heterocycles. The van der Waals surface area contributed by atoms with E-state index in [1.54, 1.807) is 12.3 Å². The number of oxazole rings is 1. The third-order valence-corrected chi connectivity index (χ3v) is 4.52. The first-order valence-corrected chi connectivity index (χ1v) is 9.07. The van der Waals surface area contributed by atoms with Gasteiger partial charge in [0.1, 0.15) is 16.9 Å². The van der Waals surface area contributed by atoms with Crippen molar-refractivity contribution in [3.05, 3.63) is 40.7 Å². The molecule has 0 aliphatic heterocycles. The lowest BCUT2D eigenvalue weighted by molar-refractivity contribution is 0.0946. The number of carbonyl (C=O) groups is 1. The lowest BCUT2D eigenvalue weighted by atomic mass is 9.98. The third-order valence-electron chi connectivity index (χ3n) is 4.25. The van der Waals surface area contributed by atoms with Crippen molar-refractivity contribution in [2.45, 2.75) is 58.1 Å². The fourth-order valence-corrected chi connectivity index (χ4v) is 3.04. The first-order chi connectivity index (χ1) is 12.2. The largest absolute Gasteiger partial charge is 0.473 e. The Hall–Kier alpha value is -2.08. The number of rotatable bonds is 6. The van der Waals surface area contributed by atoms with E-state index in [4.69, 9.17) is 20.8 Å². The topological polar surface area (TPSA) is 77.2 Å². The fraction of sp³-hybridized carbons (Fsp3) is 0.500. The SMILES string of the molecule is CCc1cnc(CNC(=O)c2cnc(OC3CCCCC3)c(Cl)c2)o1. The minimum absolute atomic E-state index is 0.163. The van der Waals surface area contributed by atoms with Gasteiger partial charge >= 0.3 is 0 Å². The maximum atomic E-state index is 12.2. The zero-order valence-electron chi connectivity index (χ0n) is 14.3. The Morgan fingerprint density at radius 2 is 2.12 bits per heavy atom. The van der Waals surface area contributed by atoms with Crippen molar-refractivity contribution in [3.8, 4) is 5.88 Å². The minimum atomic E-state index is -0.283. The van der Waals surface area contributed by atoms with Crippen LogP contribution < -0.4 is 10.1 Å². The highest BCUT2D eigenvalue weighted by molar-refractivity contribution is 6.32. The van der Waals surface area contributed by atoms with Gasteiger partial charge < -0.3 is 14.5 Å². The van der Waals surface area contributed by atoms with Crippen LogP contribution >= 0.6 is 11.6 Å². The molecule has 1 fully saturated rings. The second kappa shape index (κ2) is 8.34. The van der Waals surface area contributed by atoms with Crippen LogP contribution in [0.25, 0.3) is 0 Å². The van der Waals surface area contributed by atoms with Crippen LogP contribution in [0.15, 0.2) is 22.9 Å². The molecule has 1 aliphatic carbocycles. The molecule has 1 saturated carbocycles. The second-order valence-corrected chi connectivity index (χ2v) is 6.55. The van der Waals surface area contributed by atoms with Crippen LogP contribution in [0.2, 0.25) is 5.02 Å². The van der Waals surface area contributed by atoms with E-state index in [-0.39, 0.29) is 18.6 Å². The standard InChI is InChI=1S/C18H22ClN3O3/c1-2-13-10-20-16(24-13)11-21-17(23)12-8-15(19)18(22-9-12)25-14-6-4-3-5-7-14/h8-10,14H,2-7,11H2,1H3,(H,21,23). The molecule has 6 nitrogen and oxygen atoms in total. The number of hydrogen-bond acceptors (Lipinski definition) is 5. The molecule has 0 spiro atoms. The summed E-state index contributed by atoms with van der Waals surface area (Å²) in [6, 6.07) is 1.58. The average molecular weight is 364 g/mol. The monoisotopic (exact) mass is 363 g/mol. The summed E-state index contributed by atoms with van der Waals surface area (Å²) < 4.78 is 11.3. The van der Waals surface area contributed by atoms with Gasteiger partial charge in [-0.15, -0.1) is 0 Å². The van der Waals surface area contributed by atoms with Crippen LogP contribution in [0, 0.1) is 0 Å². The Bertz CT molecular complexity index is 726. The Labute approximate surface area is 151 Å². The molecule has 134 valence electrons. The Kier molecular flexibility index (Phi) is 5.91. The number of carbonyl (C=O) groups excluding carboxylic acids is 1. The molecule has 1 aliphatic rings. The molecule has 0 bridgehead atoms. The molecular weight excluding hydrogens is 342 g/mol. The zero-order valence-corrected chi connectivity index (χ0v) is 15.0. The van der Waals surface area contributed by atoms with Crippen molar-refractivity contribution in [1.29, 1.82) is 0 Å². The third kappa shape index (κ3) is 4.72. The molecule has 2 aromatic heterocycles. The molecule has 7 heteroatoms. The van der Waals surface area contributed by atoms with E-state index in [2.05, 4.69) is 15.3 Å². The minimum Gasteiger partial charge on any atom is -0.473 e. The molecule has 0 saturated heterocycles. The number of aromatic nitrogens is 2. The van der Waals surface area contributed by atoms with Gasteiger partial charge in [0.15, 0.2) is 0 Å². The summed E-state index contributed by atoms with van der Waals surface area (Å²) >= 11 is 6.23. The van der Waals surface area contributed by atoms with E-state index in [9.17, 15) is 4.79 Å². The number of aryl methyl sites for hydroxylation is 1. The van der Waals surface area contributed by atoms with E-state index in [1.807, 2.05) is 6.92 Å². The predicted octanol–water partition coefficient (Wildman–Crippen LogP) is 3.93. The van der Waals surface area contributed by atoms with Gasteiger partial charge in [-0.3, -0.25) is 4.79 Å². The van der Waals surface area contributed by atoms with Crippen molar-refractivity contribution >= 4 is 17.5 Å². The van der Waals surface area contributed by atoms with Gasteiger partial charge in [-0.05, 0) is 31.7 Å². The lowest BCUT2D eigenvalue weighted by Crippen LogP contribution is -2.23. The van der Waals surface area contributed by atoms with Gasteiger partial charge in [0.2, 0.25) is 11.8 Å². The Morgan fingerprint density at radius 3 is 2.80 bits per heavy atom. The van der Waals surface area contributed by atoms with Gasteiger partial charge in [0.25, 0.3) is 5.91 Å². The molecule has 2 aromatic rings. The summed E-state index contributed by atoms with van der Waals surface area (Å²) in [5, 5.41) is 3.10. The molecule has 0 radical (unpaired) electrons. The van der Waals surface area contributed by atoms with Crippen LogP contribution in [0.5, 0.6) is 5.88 Å². The molecule has 25 heavy (non-hydrogen) atoms. The first kappa shape index (κ1) is 17.7. The van der Waals surface area contributed by atoms with Gasteiger partial charge in [-0.25, -0.2) is 9.97 Å². The molecular formula is C18H22ClN3O3. The highest BCUT2D eigenvalue weighted by Crippen LogP contribution is 2.27. The summed E-state index contributed by atoms with van der Waals surface area (Å²) in [4.78, 5) is 20.5. The highest BCUT2D eigenvalue weighted by Gasteiger charge is 2.18. The average Bonchev–Trinajstić information content (AvgIpc) is 3.10. The second-order valence-electron chi connectivity index (χ2n) is 6.15. The smallest absolute Gasteiger partial charge is 0.253 e. The van der Waals surface area contributed by atoms with E-state index in [0.29, 0.717) is 22.4 Å². The number of amides is 1. The molecule has 1 amide bonds. The van der Waals surface area contributed by atoms with Crippen molar-refractivity contribution in [2.75, 3.05) is 0 Å². The zero-order chi connectivity index (χ0) is 17.6. The quantitative estimate of drug-likeness (QED) is 0.841. The van der Waals surface area contributed by atoms with E-state index >= 15 is 0 Å². The van der Waals surface area contributed by atoms with Crippen molar-refractivity contribution in [1.82, 2.24) is 15.3 Å². The fourth-order valence-electron chi connectivity index (χ4n) is 2.83. The Balaban J connectivity index is 1.58. The van der Waals surface area contributed by atoms with Gasteiger partial charge in [-0.2, -0.15) is 0 Å². The molecule has 0 unspecified atom stereocenters. The number of ether oxygens (including phenoxy) is 1. The van der Waals surface area contributed by atoms with E-state index < -0.39 is 0 Å². The predicted molar refractivity (Wildman–Crippen MR) is 93.8 cm³/mol. The van der Waals surface area contributed by atoms with Crippen LogP contribution in [0.1, 0.15) is 61.0 Å². The molecule has 0 atom stereocenters. The normalized spacial score (nSPS) is 15.1. The summed E-state index contributed by atoms with van der Waals surface area (Å²) in [6.07, 6.45) is 9.71. The molecule has 3 rings (SSSR count). The number of pyridine rings is 1. The summed E-state index contributed by atoms with van der Waals surface area (Å²) in [5.74, 6) is 1.37. The van der Waals surface area contributed by atoms with Crippen LogP contribution in [-0.4, -0.2) is 22.0 Å². The lowest BCUT2D eigenvalue weighted by Gasteiger charge is -2.22. The Morgan fingerprint density at radius 1 is 1.32 bits per heavy atom. The van der Waals surface area contributed by atoms with Gasteiger partial charge in [-0.1, -0.05) is 24.9 Å². The molecule has 1 N–H and O–H groups in total. The van der Waals surface area contributed by atoms with Gasteiger partial charge in [0.05, 0.1) is 18.3 Å². The maximum Gasteiger partial charge on any atom is 0.253 e.